The molecule has 104 valence electrons. The summed E-state index contributed by atoms with van der Waals surface area (Å²) in [6.07, 6.45) is 0. The van der Waals surface area contributed by atoms with E-state index in [0.29, 0.717) is 5.56 Å². The summed E-state index contributed by atoms with van der Waals surface area (Å²) in [6, 6.07) is 4.89. The van der Waals surface area contributed by atoms with Crippen LogP contribution in [0.3, 0.4) is 0 Å². The van der Waals surface area contributed by atoms with Crippen LogP contribution >= 0.6 is 11.3 Å². The third-order valence-electron chi connectivity index (χ3n) is 2.75. The number of carbonyl (C=O) groups excluding carboxylic acids is 2. The van der Waals surface area contributed by atoms with Gasteiger partial charge in [-0.2, -0.15) is 0 Å². The van der Waals surface area contributed by atoms with Gasteiger partial charge in [0.1, 0.15) is 15.7 Å². The van der Waals surface area contributed by atoms with Crippen molar-refractivity contribution in [2.45, 2.75) is 13.8 Å². The smallest absolute Gasteiger partial charge is 0.358 e. The summed E-state index contributed by atoms with van der Waals surface area (Å²) >= 11 is 0.986. The Morgan fingerprint density at radius 2 is 2.05 bits per heavy atom. The number of hydrogen-bond acceptors (Lipinski definition) is 5. The lowest BCUT2D eigenvalue weighted by atomic mass is 10.1. The average Bonchev–Trinajstić information content (AvgIpc) is 2.86. The molecular weight excluding hydrogens is 281 g/mol. The van der Waals surface area contributed by atoms with Crippen molar-refractivity contribution < 1.29 is 18.7 Å². The normalized spacial score (nSPS) is 10.4. The number of aryl methyl sites for hydroxylation is 1. The minimum atomic E-state index is -0.703. The van der Waals surface area contributed by atoms with Crippen molar-refractivity contribution in [2.75, 3.05) is 7.11 Å². The number of hydrogen-bond donors (Lipinski definition) is 0. The highest BCUT2D eigenvalue weighted by Gasteiger charge is 2.23. The Balaban J connectivity index is 2.62. The lowest BCUT2D eigenvalue weighted by Crippen LogP contribution is -2.06. The van der Waals surface area contributed by atoms with Crippen molar-refractivity contribution >= 4 is 23.1 Å². The van der Waals surface area contributed by atoms with Crippen LogP contribution in [0.2, 0.25) is 0 Å². The minimum Gasteiger partial charge on any atom is -0.464 e. The lowest BCUT2D eigenvalue weighted by Gasteiger charge is -2.01. The van der Waals surface area contributed by atoms with Crippen LogP contribution in [0.5, 0.6) is 0 Å². The molecule has 0 amide bonds. The Kier molecular flexibility index (Phi) is 3.94. The minimum absolute atomic E-state index is 0.0686. The molecular formula is C14H12FNO3S. The highest BCUT2D eigenvalue weighted by molar-refractivity contribution is 7.17. The highest BCUT2D eigenvalue weighted by Crippen LogP contribution is 2.31. The molecule has 0 saturated carbocycles. The highest BCUT2D eigenvalue weighted by atomic mass is 32.1. The molecule has 1 aromatic carbocycles. The van der Waals surface area contributed by atoms with Crippen LogP contribution in [-0.4, -0.2) is 23.8 Å². The maximum atomic E-state index is 14.1. The molecule has 0 radical (unpaired) electrons. The summed E-state index contributed by atoms with van der Waals surface area (Å²) < 4.78 is 18.7. The Hall–Kier alpha value is -2.08. The van der Waals surface area contributed by atoms with Crippen molar-refractivity contribution in [3.8, 4) is 10.6 Å². The predicted octanol–water partition coefficient (Wildman–Crippen LogP) is 3.25. The molecule has 2 rings (SSSR count). The number of benzene rings is 1. The van der Waals surface area contributed by atoms with E-state index in [1.165, 1.54) is 14.0 Å². The van der Waals surface area contributed by atoms with Crippen molar-refractivity contribution in [3.05, 3.63) is 40.2 Å². The summed E-state index contributed by atoms with van der Waals surface area (Å²) in [6.45, 7) is 2.97. The molecule has 0 aliphatic carbocycles. The molecule has 1 aromatic heterocycles. The summed E-state index contributed by atoms with van der Waals surface area (Å²) in [4.78, 5) is 27.4. The molecule has 0 bridgehead atoms. The number of ether oxygens (including phenoxy) is 1. The molecule has 2 aromatic rings. The number of esters is 1. The molecule has 0 fully saturated rings. The van der Waals surface area contributed by atoms with E-state index in [9.17, 15) is 14.0 Å². The molecule has 0 aliphatic heterocycles. The predicted molar refractivity (Wildman–Crippen MR) is 73.6 cm³/mol. The maximum absolute atomic E-state index is 14.1. The van der Waals surface area contributed by atoms with Crippen LogP contribution in [0, 0.1) is 12.7 Å². The van der Waals surface area contributed by atoms with Crippen molar-refractivity contribution in [1.29, 1.82) is 0 Å². The van der Waals surface area contributed by atoms with Crippen LogP contribution in [-0.2, 0) is 4.74 Å². The van der Waals surface area contributed by atoms with Crippen LogP contribution in [0.4, 0.5) is 4.39 Å². The number of nitrogens with zero attached hydrogens (tertiary/aromatic N) is 1. The van der Waals surface area contributed by atoms with Crippen LogP contribution in [0.25, 0.3) is 10.6 Å². The summed E-state index contributed by atoms with van der Waals surface area (Å²) in [7, 11) is 1.21. The second-order valence-corrected chi connectivity index (χ2v) is 5.18. The first-order chi connectivity index (χ1) is 9.45. The van der Waals surface area contributed by atoms with E-state index in [1.54, 1.807) is 25.1 Å². The first kappa shape index (κ1) is 14.3. The van der Waals surface area contributed by atoms with Crippen LogP contribution < -0.4 is 0 Å². The second kappa shape index (κ2) is 5.50. The summed E-state index contributed by atoms with van der Waals surface area (Å²) in [5, 5.41) is 0.289. The van der Waals surface area contributed by atoms with Crippen molar-refractivity contribution in [3.63, 3.8) is 0 Å². The average molecular weight is 293 g/mol. The number of carbonyl (C=O) groups is 2. The zero-order chi connectivity index (χ0) is 14.9. The van der Waals surface area contributed by atoms with Gasteiger partial charge in [0.05, 0.1) is 7.11 Å². The van der Waals surface area contributed by atoms with E-state index in [2.05, 4.69) is 9.72 Å². The van der Waals surface area contributed by atoms with Gasteiger partial charge in [-0.3, -0.25) is 4.79 Å². The van der Waals surface area contributed by atoms with E-state index in [1.807, 2.05) is 0 Å². The molecule has 6 heteroatoms. The Morgan fingerprint density at radius 1 is 1.35 bits per heavy atom. The third-order valence-corrected chi connectivity index (χ3v) is 3.94. The number of Topliss-reactive ketones (excluding diaryl/α,β-unsaturated/α-hetero) is 1. The van der Waals surface area contributed by atoms with E-state index >= 15 is 0 Å². The molecule has 0 unspecified atom stereocenters. The van der Waals surface area contributed by atoms with Crippen molar-refractivity contribution in [1.82, 2.24) is 4.98 Å². The van der Waals surface area contributed by atoms with E-state index in [0.717, 1.165) is 11.3 Å². The first-order valence-corrected chi connectivity index (χ1v) is 6.63. The number of methoxy groups -OCH3 is 1. The van der Waals surface area contributed by atoms with Gasteiger partial charge in [0, 0.05) is 12.5 Å². The second-order valence-electron chi connectivity index (χ2n) is 4.18. The van der Waals surface area contributed by atoms with E-state index in [4.69, 9.17) is 0 Å². The van der Waals surface area contributed by atoms with Gasteiger partial charge in [-0.05, 0) is 18.6 Å². The van der Waals surface area contributed by atoms with Gasteiger partial charge in [0.2, 0.25) is 0 Å². The van der Waals surface area contributed by atoms with Crippen molar-refractivity contribution in [2.24, 2.45) is 0 Å². The Labute approximate surface area is 119 Å². The zero-order valence-electron chi connectivity index (χ0n) is 11.2. The topological polar surface area (TPSA) is 56.3 Å². The van der Waals surface area contributed by atoms with Gasteiger partial charge in [-0.25, -0.2) is 14.2 Å². The number of halogens is 1. The summed E-state index contributed by atoms with van der Waals surface area (Å²) in [5.41, 5.74) is 0.676. The Morgan fingerprint density at radius 3 is 2.65 bits per heavy atom. The number of thiazole rings is 1. The van der Waals surface area contributed by atoms with Gasteiger partial charge < -0.3 is 4.74 Å². The molecule has 0 spiro atoms. The number of ketones is 1. The Bertz CT molecular complexity index is 694. The van der Waals surface area contributed by atoms with Gasteiger partial charge in [-0.15, -0.1) is 11.3 Å². The molecule has 0 aliphatic rings. The fourth-order valence-corrected chi connectivity index (χ4v) is 2.69. The first-order valence-electron chi connectivity index (χ1n) is 5.81. The fourth-order valence-electron chi connectivity index (χ4n) is 1.72. The monoisotopic (exact) mass is 293 g/mol. The number of rotatable bonds is 3. The lowest BCUT2D eigenvalue weighted by molar-refractivity contribution is 0.0591. The van der Waals surface area contributed by atoms with Gasteiger partial charge in [0.25, 0.3) is 0 Å². The fraction of sp³-hybridized carbons (Fsp3) is 0.214. The van der Waals surface area contributed by atoms with Crippen LogP contribution in [0.15, 0.2) is 18.2 Å². The summed E-state index contributed by atoms with van der Waals surface area (Å²) in [5.74, 6) is -1.42. The van der Waals surface area contributed by atoms with Gasteiger partial charge in [-0.1, -0.05) is 12.1 Å². The molecule has 4 nitrogen and oxygen atoms in total. The molecule has 20 heavy (non-hydrogen) atoms. The third kappa shape index (κ3) is 2.46. The largest absolute Gasteiger partial charge is 0.464 e. The molecule has 1 heterocycles. The zero-order valence-corrected chi connectivity index (χ0v) is 12.0. The van der Waals surface area contributed by atoms with Crippen LogP contribution in [0.1, 0.15) is 32.6 Å². The van der Waals surface area contributed by atoms with E-state index < -0.39 is 11.8 Å². The molecule has 0 saturated heterocycles. The molecule has 0 N–H and O–H groups in total. The number of aromatic nitrogens is 1. The molecule has 0 atom stereocenters. The quantitative estimate of drug-likeness (QED) is 0.644. The van der Waals surface area contributed by atoms with Gasteiger partial charge >= 0.3 is 5.97 Å². The van der Waals surface area contributed by atoms with Gasteiger partial charge in [0.15, 0.2) is 11.5 Å². The maximum Gasteiger partial charge on any atom is 0.358 e. The standard InChI is InChI=1S/C14H12FNO3S/c1-7-5-4-6-9(10(7)15)13-16-11(14(18)19-3)12(20-13)8(2)17/h4-6H,1-3H3. The van der Waals surface area contributed by atoms with E-state index in [-0.39, 0.29) is 26.9 Å². The SMILES string of the molecule is COC(=O)c1nc(-c2cccc(C)c2F)sc1C(C)=O.